The Labute approximate surface area is 251 Å². The Morgan fingerprint density at radius 2 is 0.814 bits per heavy atom. The van der Waals surface area contributed by atoms with Crippen LogP contribution in [0.3, 0.4) is 0 Å². The van der Waals surface area contributed by atoms with Crippen LogP contribution in [0, 0.1) is 0 Å². The molecule has 0 atom stereocenters. The Kier molecular flexibility index (Phi) is 6.99. The summed E-state index contributed by atoms with van der Waals surface area (Å²) < 4.78 is 11.4. The maximum Gasteiger partial charge on any atom is 0.186 e. The highest BCUT2D eigenvalue weighted by atomic mass is 16.6. The highest BCUT2D eigenvalue weighted by molar-refractivity contribution is 5.88. The van der Waals surface area contributed by atoms with E-state index in [2.05, 4.69) is 97.1 Å². The van der Waals surface area contributed by atoms with Gasteiger partial charge >= 0.3 is 0 Å². The lowest BCUT2D eigenvalue weighted by Gasteiger charge is -2.35. The van der Waals surface area contributed by atoms with Crippen molar-refractivity contribution < 1.29 is 19.7 Å². The summed E-state index contributed by atoms with van der Waals surface area (Å²) in [4.78, 5) is 0. The van der Waals surface area contributed by atoms with E-state index in [0.717, 1.165) is 33.4 Å². The van der Waals surface area contributed by atoms with Gasteiger partial charge < -0.3 is 19.7 Å². The fourth-order valence-electron chi connectivity index (χ4n) is 6.63. The minimum Gasteiger partial charge on any atom is -0.467 e. The van der Waals surface area contributed by atoms with E-state index < -0.39 is 19.0 Å². The molecule has 7 rings (SSSR count). The van der Waals surface area contributed by atoms with E-state index in [1.165, 1.54) is 22.3 Å². The first-order valence-corrected chi connectivity index (χ1v) is 14.3. The van der Waals surface area contributed by atoms with Crippen LogP contribution in [-0.4, -0.2) is 23.8 Å². The number of ether oxygens (including phenoxy) is 2. The van der Waals surface area contributed by atoms with Gasteiger partial charge in [-0.1, -0.05) is 121 Å². The predicted molar refractivity (Wildman–Crippen MR) is 170 cm³/mol. The molecule has 210 valence electrons. The first-order valence-electron chi connectivity index (χ1n) is 14.3. The normalized spacial score (nSPS) is 12.8. The number of hydrogen-bond acceptors (Lipinski definition) is 4. The van der Waals surface area contributed by atoms with E-state index in [4.69, 9.17) is 9.47 Å². The lowest BCUT2D eigenvalue weighted by molar-refractivity contribution is 0.0987. The third-order valence-corrected chi connectivity index (χ3v) is 8.39. The van der Waals surface area contributed by atoms with E-state index in [1.54, 1.807) is 0 Å². The van der Waals surface area contributed by atoms with Crippen molar-refractivity contribution in [3.63, 3.8) is 0 Å². The summed E-state index contributed by atoms with van der Waals surface area (Å²) >= 11 is 0. The largest absolute Gasteiger partial charge is 0.467 e. The highest BCUT2D eigenvalue weighted by Crippen LogP contribution is 2.57. The van der Waals surface area contributed by atoms with Gasteiger partial charge in [-0.2, -0.15) is 0 Å². The molecule has 0 radical (unpaired) electrons. The summed E-state index contributed by atoms with van der Waals surface area (Å²) in [6.45, 7) is -0.828. The molecule has 0 spiro atoms. The van der Waals surface area contributed by atoms with Crippen molar-refractivity contribution in [1.82, 2.24) is 0 Å². The van der Waals surface area contributed by atoms with Crippen LogP contribution in [0.15, 0.2) is 146 Å². The molecule has 0 bridgehead atoms. The topological polar surface area (TPSA) is 58.9 Å². The van der Waals surface area contributed by atoms with E-state index in [0.29, 0.717) is 11.5 Å². The van der Waals surface area contributed by atoms with Gasteiger partial charge in [0.25, 0.3) is 0 Å². The van der Waals surface area contributed by atoms with Gasteiger partial charge in [-0.25, -0.2) is 0 Å². The van der Waals surface area contributed by atoms with Crippen LogP contribution in [0.25, 0.3) is 33.4 Å². The zero-order chi connectivity index (χ0) is 29.2. The van der Waals surface area contributed by atoms with E-state index in [1.807, 2.05) is 48.5 Å². The van der Waals surface area contributed by atoms with Crippen LogP contribution in [0.5, 0.6) is 11.5 Å². The van der Waals surface area contributed by atoms with Gasteiger partial charge in [0.1, 0.15) is 11.5 Å². The minimum absolute atomic E-state index is 0.414. The molecule has 2 N–H and O–H groups in total. The number of aliphatic hydroxyl groups excluding tert-OH is 2. The molecule has 1 aliphatic carbocycles. The van der Waals surface area contributed by atoms with Crippen molar-refractivity contribution in [1.29, 1.82) is 0 Å². The molecule has 0 aromatic heterocycles. The van der Waals surface area contributed by atoms with Crippen molar-refractivity contribution in [2.75, 3.05) is 13.6 Å². The smallest absolute Gasteiger partial charge is 0.186 e. The molecule has 0 aliphatic heterocycles. The first-order chi connectivity index (χ1) is 21.3. The van der Waals surface area contributed by atoms with Crippen molar-refractivity contribution in [3.05, 3.63) is 168 Å². The molecule has 0 unspecified atom stereocenters. The van der Waals surface area contributed by atoms with Gasteiger partial charge in [-0.3, -0.25) is 0 Å². The standard InChI is InChI=1S/C39H30O4/c40-25-42-37-21-19-29(23-33(37)27-11-3-1-4-12-27)39(35-17-9-7-15-31(35)32-16-8-10-18-36(32)39)30-20-22-38(43-26-41)34(24-30)28-13-5-2-6-14-28/h1-24,40-41H,25-26H2. The maximum atomic E-state index is 9.72. The number of rotatable bonds is 8. The molecule has 0 amide bonds. The second kappa shape index (κ2) is 11.3. The lowest BCUT2D eigenvalue weighted by atomic mass is 9.67. The SMILES string of the molecule is OCOc1ccc(C2(c3ccc(OCO)c(-c4ccccc4)c3)c3ccccc3-c3ccccc32)cc1-c1ccccc1. The Morgan fingerprint density at radius 1 is 0.419 bits per heavy atom. The highest BCUT2D eigenvalue weighted by Gasteiger charge is 2.46. The van der Waals surface area contributed by atoms with Gasteiger partial charge in [0.15, 0.2) is 13.6 Å². The number of aliphatic hydroxyl groups is 2. The van der Waals surface area contributed by atoms with E-state index >= 15 is 0 Å². The Hall–Kier alpha value is -5.16. The van der Waals surface area contributed by atoms with Crippen molar-refractivity contribution in [3.8, 4) is 44.9 Å². The maximum absolute atomic E-state index is 9.72. The number of hydrogen-bond donors (Lipinski definition) is 2. The Bertz CT molecular complexity index is 1760. The molecule has 0 saturated carbocycles. The summed E-state index contributed by atoms with van der Waals surface area (Å²) in [6, 6.07) is 50.0. The van der Waals surface area contributed by atoms with Crippen LogP contribution >= 0.6 is 0 Å². The molecule has 43 heavy (non-hydrogen) atoms. The van der Waals surface area contributed by atoms with Crippen LogP contribution in [0.2, 0.25) is 0 Å². The fraction of sp³-hybridized carbons (Fsp3) is 0.0769. The third kappa shape index (κ3) is 4.40. The van der Waals surface area contributed by atoms with E-state index in [9.17, 15) is 10.2 Å². The number of fused-ring (bicyclic) bond motifs is 3. The quantitative estimate of drug-likeness (QED) is 0.184. The zero-order valence-corrected chi connectivity index (χ0v) is 23.5. The number of benzene rings is 6. The van der Waals surface area contributed by atoms with E-state index in [-0.39, 0.29) is 0 Å². The minimum atomic E-state index is -0.671. The summed E-state index contributed by atoms with van der Waals surface area (Å²) in [5, 5.41) is 19.4. The van der Waals surface area contributed by atoms with Gasteiger partial charge in [0.2, 0.25) is 0 Å². The third-order valence-electron chi connectivity index (χ3n) is 8.39. The Balaban J connectivity index is 1.58. The van der Waals surface area contributed by atoms with Crippen molar-refractivity contribution in [2.45, 2.75) is 5.41 Å². The van der Waals surface area contributed by atoms with Gasteiger partial charge in [-0.05, 0) is 68.8 Å². The molecular formula is C39H30O4. The van der Waals surface area contributed by atoms with Crippen LogP contribution in [-0.2, 0) is 5.41 Å². The van der Waals surface area contributed by atoms with Gasteiger partial charge in [0.05, 0.1) is 5.41 Å². The first kappa shape index (κ1) is 26.7. The molecule has 1 aliphatic rings. The van der Waals surface area contributed by atoms with Gasteiger partial charge in [0, 0.05) is 11.1 Å². The molecular weight excluding hydrogens is 532 g/mol. The molecule has 4 nitrogen and oxygen atoms in total. The average molecular weight is 563 g/mol. The molecule has 6 aromatic rings. The molecule has 6 aromatic carbocycles. The summed E-state index contributed by atoms with van der Waals surface area (Å²) in [6.07, 6.45) is 0. The molecule has 4 heteroatoms. The van der Waals surface area contributed by atoms with Gasteiger partial charge in [-0.15, -0.1) is 0 Å². The van der Waals surface area contributed by atoms with Crippen molar-refractivity contribution >= 4 is 0 Å². The lowest BCUT2D eigenvalue weighted by Crippen LogP contribution is -2.28. The summed E-state index contributed by atoms with van der Waals surface area (Å²) in [5.41, 5.74) is 10.0. The van der Waals surface area contributed by atoms with Crippen LogP contribution < -0.4 is 9.47 Å². The predicted octanol–water partition coefficient (Wildman–Crippen LogP) is 8.04. The Morgan fingerprint density at radius 3 is 1.23 bits per heavy atom. The fourth-order valence-corrected chi connectivity index (χ4v) is 6.63. The molecule has 0 saturated heterocycles. The summed E-state index contributed by atoms with van der Waals surface area (Å²) in [5.74, 6) is 1.23. The van der Waals surface area contributed by atoms with Crippen LogP contribution in [0.1, 0.15) is 22.3 Å². The zero-order valence-electron chi connectivity index (χ0n) is 23.5. The molecule has 0 heterocycles. The second-order valence-electron chi connectivity index (χ2n) is 10.5. The van der Waals surface area contributed by atoms with Crippen LogP contribution in [0.4, 0.5) is 0 Å². The monoisotopic (exact) mass is 562 g/mol. The van der Waals surface area contributed by atoms with Crippen molar-refractivity contribution in [2.24, 2.45) is 0 Å². The summed E-state index contributed by atoms with van der Waals surface area (Å²) in [7, 11) is 0. The average Bonchev–Trinajstić information content (AvgIpc) is 3.37. The second-order valence-corrected chi connectivity index (χ2v) is 10.5. The molecule has 0 fully saturated rings.